The summed E-state index contributed by atoms with van der Waals surface area (Å²) in [5.41, 5.74) is 6.39. The minimum atomic E-state index is -0.833. The third-order valence-electron chi connectivity index (χ3n) is 4.79. The number of carbonyl (C=O) groups is 1. The van der Waals surface area contributed by atoms with Crippen molar-refractivity contribution >= 4 is 49.5 Å². The summed E-state index contributed by atoms with van der Waals surface area (Å²) in [6.07, 6.45) is 1.63. The van der Waals surface area contributed by atoms with Crippen molar-refractivity contribution in [3.05, 3.63) is 31.0 Å². The maximum absolute atomic E-state index is 11.0. The number of aromatic nitrogens is 4. The first-order valence-electron chi connectivity index (χ1n) is 13.2. The van der Waals surface area contributed by atoms with E-state index >= 15 is 0 Å². The van der Waals surface area contributed by atoms with Gasteiger partial charge in [0.25, 0.3) is 5.97 Å². The standard InChI is InChI=1S/C13H22BrN3O2.C13H24BrN3.C2H4O2.Fe/c1-12(2,3)7-9-15-11(17(18)19)10(14)16(9)8-13(4,5)6;1-12(2,3)7-9-16-11(15)10(14)17(9)8-13(4,5)6;1-2(3)4;/h7-8H2,1-6H3;7-8,15H2,1-6H3;1H3,(H,3,4);. The maximum atomic E-state index is 11.0. The summed E-state index contributed by atoms with van der Waals surface area (Å²) in [5, 5.41) is 18.4. The van der Waals surface area contributed by atoms with Gasteiger partial charge in [-0.1, -0.05) is 83.1 Å². The number of anilines is 1. The molecule has 41 heavy (non-hydrogen) atoms. The number of nitrogens with zero attached hydrogens (tertiary/aromatic N) is 5. The normalized spacial score (nSPS) is 12.0. The number of rotatable bonds is 5. The minimum absolute atomic E-state index is 0. The maximum Gasteiger partial charge on any atom is 0.396 e. The molecule has 0 radical (unpaired) electrons. The first kappa shape index (κ1) is 41.7. The second kappa shape index (κ2) is 15.9. The average molecular weight is 750 g/mol. The summed E-state index contributed by atoms with van der Waals surface area (Å²) in [6.45, 7) is 28.6. The largest absolute Gasteiger partial charge is 0.481 e. The molecule has 2 aromatic rings. The van der Waals surface area contributed by atoms with E-state index in [4.69, 9.17) is 15.6 Å². The Morgan fingerprint density at radius 3 is 1.41 bits per heavy atom. The molecule has 2 heterocycles. The zero-order valence-electron chi connectivity index (χ0n) is 26.9. The quantitative estimate of drug-likeness (QED) is 0.179. The number of imidazole rings is 2. The Morgan fingerprint density at radius 1 is 0.805 bits per heavy atom. The first-order chi connectivity index (χ1) is 17.6. The fourth-order valence-electron chi connectivity index (χ4n) is 3.56. The number of carboxylic acids is 1. The molecule has 238 valence electrons. The SMILES string of the molecule is CC(=O)O.CC(C)(C)Cc1nc(N)c(Br)n1CC(C)(C)C.CC(C)(C)Cc1nc([N+](=O)[O-])c(Br)n1CC(C)(C)C.[Fe]. The van der Waals surface area contributed by atoms with E-state index in [9.17, 15) is 10.1 Å². The van der Waals surface area contributed by atoms with Crippen LogP contribution in [0.4, 0.5) is 11.6 Å². The van der Waals surface area contributed by atoms with E-state index in [1.165, 1.54) is 0 Å². The summed E-state index contributed by atoms with van der Waals surface area (Å²) < 4.78 is 5.49. The van der Waals surface area contributed by atoms with Gasteiger partial charge in [-0.25, -0.2) is 4.98 Å². The minimum Gasteiger partial charge on any atom is -0.481 e. The summed E-state index contributed by atoms with van der Waals surface area (Å²) >= 11 is 6.86. The van der Waals surface area contributed by atoms with Gasteiger partial charge in [-0.3, -0.25) is 9.36 Å². The van der Waals surface area contributed by atoms with Crippen molar-refractivity contribution in [2.75, 3.05) is 5.73 Å². The van der Waals surface area contributed by atoms with Crippen LogP contribution in [0.2, 0.25) is 0 Å². The monoisotopic (exact) mass is 748 g/mol. The molecule has 0 spiro atoms. The number of hydrogen-bond donors (Lipinski definition) is 2. The van der Waals surface area contributed by atoms with Gasteiger partial charge < -0.3 is 25.5 Å². The zero-order valence-corrected chi connectivity index (χ0v) is 31.2. The predicted molar refractivity (Wildman–Crippen MR) is 169 cm³/mol. The number of carboxylic acid groups (broad SMARTS) is 1. The molecule has 2 rings (SSSR count). The van der Waals surface area contributed by atoms with Gasteiger partial charge in [-0.15, -0.1) is 0 Å². The van der Waals surface area contributed by atoms with Gasteiger partial charge >= 0.3 is 5.82 Å². The number of nitrogens with two attached hydrogens (primary N) is 1. The van der Waals surface area contributed by atoms with Gasteiger partial charge in [0.05, 0.1) is 0 Å². The molecule has 0 aliphatic carbocycles. The molecule has 0 saturated carbocycles. The van der Waals surface area contributed by atoms with Crippen LogP contribution in [0.15, 0.2) is 9.21 Å². The van der Waals surface area contributed by atoms with Crippen LogP contribution in [0.1, 0.15) is 102 Å². The number of halogens is 2. The number of hydrogen-bond acceptors (Lipinski definition) is 6. The van der Waals surface area contributed by atoms with Crippen molar-refractivity contribution in [3.8, 4) is 0 Å². The van der Waals surface area contributed by atoms with E-state index in [0.29, 0.717) is 23.4 Å². The van der Waals surface area contributed by atoms with E-state index < -0.39 is 10.9 Å². The van der Waals surface area contributed by atoms with Gasteiger partial charge in [0.1, 0.15) is 10.4 Å². The Balaban J connectivity index is 0. The van der Waals surface area contributed by atoms with Gasteiger partial charge in [0.2, 0.25) is 5.82 Å². The van der Waals surface area contributed by atoms with Crippen molar-refractivity contribution < 1.29 is 31.9 Å². The van der Waals surface area contributed by atoms with Crippen LogP contribution in [0.3, 0.4) is 0 Å². The third kappa shape index (κ3) is 17.3. The molecule has 3 N–H and O–H groups in total. The van der Waals surface area contributed by atoms with Gasteiger partial charge in [0.15, 0.2) is 10.4 Å². The molecule has 0 aliphatic heterocycles. The third-order valence-corrected chi connectivity index (χ3v) is 6.41. The second-order valence-corrected chi connectivity index (χ2v) is 16.4. The molecule has 0 atom stereocenters. The molecular weight excluding hydrogens is 700 g/mol. The van der Waals surface area contributed by atoms with Crippen molar-refractivity contribution in [2.24, 2.45) is 21.7 Å². The van der Waals surface area contributed by atoms with Crippen molar-refractivity contribution in [1.82, 2.24) is 19.1 Å². The van der Waals surface area contributed by atoms with Crippen LogP contribution in [0.25, 0.3) is 0 Å². The fraction of sp³-hybridized carbons (Fsp3) is 0.750. The summed E-state index contributed by atoms with van der Waals surface area (Å²) in [6, 6.07) is 0. The molecule has 0 amide bonds. The Morgan fingerprint density at radius 2 is 1.12 bits per heavy atom. The van der Waals surface area contributed by atoms with Crippen molar-refractivity contribution in [1.29, 1.82) is 0 Å². The Hall–Kier alpha value is -1.43. The van der Waals surface area contributed by atoms with E-state index in [0.717, 1.165) is 36.1 Å². The van der Waals surface area contributed by atoms with Crippen LogP contribution >= 0.6 is 31.9 Å². The summed E-state index contributed by atoms with van der Waals surface area (Å²) in [7, 11) is 0. The van der Waals surface area contributed by atoms with Crippen LogP contribution in [0.5, 0.6) is 0 Å². The molecule has 13 heteroatoms. The molecule has 0 bridgehead atoms. The molecule has 0 aliphatic rings. The van der Waals surface area contributed by atoms with Gasteiger partial charge in [-0.05, 0) is 63.4 Å². The molecule has 0 unspecified atom stereocenters. The second-order valence-electron chi connectivity index (χ2n) is 14.9. The summed E-state index contributed by atoms with van der Waals surface area (Å²) in [5.74, 6) is 1.50. The van der Waals surface area contributed by atoms with Crippen molar-refractivity contribution in [3.63, 3.8) is 0 Å². The van der Waals surface area contributed by atoms with E-state index in [2.05, 4.69) is 129 Å². The number of aliphatic carboxylic acids is 1. The molecular formula is C28H50Br2FeN6O4. The van der Waals surface area contributed by atoms with E-state index in [-0.39, 0.29) is 44.5 Å². The molecule has 0 fully saturated rings. The Kier molecular flexibility index (Phi) is 16.1. The Bertz CT molecular complexity index is 1150. The zero-order chi connectivity index (χ0) is 32.0. The van der Waals surface area contributed by atoms with Gasteiger partial charge in [0, 0.05) is 49.9 Å². The predicted octanol–water partition coefficient (Wildman–Crippen LogP) is 8.14. The fourth-order valence-corrected chi connectivity index (χ4v) is 4.55. The topological polar surface area (TPSA) is 142 Å². The number of nitro groups is 1. The average Bonchev–Trinajstić information content (AvgIpc) is 3.09. The van der Waals surface area contributed by atoms with Crippen LogP contribution in [0, 0.1) is 31.8 Å². The number of nitrogen functional groups attached to an aromatic ring is 1. The van der Waals surface area contributed by atoms with Crippen LogP contribution in [-0.4, -0.2) is 35.1 Å². The first-order valence-corrected chi connectivity index (χ1v) is 14.8. The van der Waals surface area contributed by atoms with Gasteiger partial charge in [-0.2, -0.15) is 0 Å². The van der Waals surface area contributed by atoms with E-state index in [1.54, 1.807) is 0 Å². The van der Waals surface area contributed by atoms with Crippen molar-refractivity contribution in [2.45, 2.75) is 116 Å². The molecule has 10 nitrogen and oxygen atoms in total. The molecule has 2 aromatic heterocycles. The molecule has 0 saturated heterocycles. The van der Waals surface area contributed by atoms with Crippen LogP contribution < -0.4 is 5.73 Å². The molecule has 0 aromatic carbocycles. The Labute approximate surface area is 273 Å². The summed E-state index contributed by atoms with van der Waals surface area (Å²) in [4.78, 5) is 28.3. The van der Waals surface area contributed by atoms with E-state index in [1.807, 2.05) is 4.57 Å². The smallest absolute Gasteiger partial charge is 0.396 e. The van der Waals surface area contributed by atoms with Crippen LogP contribution in [-0.2, 0) is 47.8 Å².